The molecule has 0 aromatic carbocycles. The molecular weight excluding hydrogens is 346 g/mol. The number of rotatable bonds is 6. The SMILES string of the molecule is CC(C)NC(=O)[C@@H]1C[C@@H](NC(=O)C2CCCCC2)CN1Cc1ccsc1. The lowest BCUT2D eigenvalue weighted by Gasteiger charge is -2.24. The second-order valence-electron chi connectivity index (χ2n) is 8.02. The van der Waals surface area contributed by atoms with Gasteiger partial charge in [0.25, 0.3) is 0 Å². The largest absolute Gasteiger partial charge is 0.353 e. The number of amides is 2. The summed E-state index contributed by atoms with van der Waals surface area (Å²) >= 11 is 1.68. The number of carbonyl (C=O) groups is 2. The van der Waals surface area contributed by atoms with Crippen molar-refractivity contribution in [1.29, 1.82) is 0 Å². The Kier molecular flexibility index (Phi) is 6.70. The average Bonchev–Trinajstić information content (AvgIpc) is 3.25. The summed E-state index contributed by atoms with van der Waals surface area (Å²) in [6, 6.07) is 2.12. The van der Waals surface area contributed by atoms with Gasteiger partial charge in [0, 0.05) is 31.1 Å². The summed E-state index contributed by atoms with van der Waals surface area (Å²) in [5, 5.41) is 10.5. The molecule has 144 valence electrons. The average molecular weight is 378 g/mol. The number of hydrogen-bond donors (Lipinski definition) is 2. The van der Waals surface area contributed by atoms with Crippen LogP contribution in [0.5, 0.6) is 0 Å². The third-order valence-electron chi connectivity index (χ3n) is 5.43. The van der Waals surface area contributed by atoms with Crippen molar-refractivity contribution in [3.05, 3.63) is 22.4 Å². The van der Waals surface area contributed by atoms with Gasteiger partial charge in [-0.2, -0.15) is 11.3 Å². The zero-order chi connectivity index (χ0) is 18.5. The summed E-state index contributed by atoms with van der Waals surface area (Å²) in [5.41, 5.74) is 1.23. The van der Waals surface area contributed by atoms with Gasteiger partial charge in [-0.1, -0.05) is 19.3 Å². The molecule has 1 aromatic heterocycles. The van der Waals surface area contributed by atoms with Crippen LogP contribution in [0.4, 0.5) is 0 Å². The topological polar surface area (TPSA) is 61.4 Å². The number of hydrogen-bond acceptors (Lipinski definition) is 4. The maximum absolute atomic E-state index is 12.7. The molecule has 26 heavy (non-hydrogen) atoms. The van der Waals surface area contributed by atoms with E-state index in [9.17, 15) is 9.59 Å². The highest BCUT2D eigenvalue weighted by Crippen LogP contribution is 2.26. The van der Waals surface area contributed by atoms with Crippen LogP contribution in [0.1, 0.15) is 57.9 Å². The van der Waals surface area contributed by atoms with E-state index < -0.39 is 0 Å². The first-order valence-electron chi connectivity index (χ1n) is 9.89. The zero-order valence-corrected chi connectivity index (χ0v) is 16.7. The van der Waals surface area contributed by atoms with E-state index in [1.165, 1.54) is 12.0 Å². The Morgan fingerprint density at radius 1 is 1.23 bits per heavy atom. The molecule has 0 bridgehead atoms. The van der Waals surface area contributed by atoms with E-state index in [0.717, 1.165) is 38.8 Å². The smallest absolute Gasteiger partial charge is 0.237 e. The molecule has 2 heterocycles. The maximum Gasteiger partial charge on any atom is 0.237 e. The van der Waals surface area contributed by atoms with Crippen LogP contribution in [-0.2, 0) is 16.1 Å². The first-order chi connectivity index (χ1) is 12.5. The Hall–Kier alpha value is -1.40. The van der Waals surface area contributed by atoms with Crippen LogP contribution in [0.25, 0.3) is 0 Å². The summed E-state index contributed by atoms with van der Waals surface area (Å²) in [4.78, 5) is 27.5. The van der Waals surface area contributed by atoms with Gasteiger partial charge in [-0.05, 0) is 55.5 Å². The number of thiophene rings is 1. The monoisotopic (exact) mass is 377 g/mol. The predicted molar refractivity (Wildman–Crippen MR) is 105 cm³/mol. The molecule has 0 radical (unpaired) electrons. The molecule has 2 N–H and O–H groups in total. The molecule has 2 aliphatic rings. The fraction of sp³-hybridized carbons (Fsp3) is 0.700. The molecule has 3 rings (SSSR count). The first kappa shape index (κ1) is 19.4. The van der Waals surface area contributed by atoms with Crippen LogP contribution in [0.2, 0.25) is 0 Å². The third-order valence-corrected chi connectivity index (χ3v) is 6.16. The van der Waals surface area contributed by atoms with Gasteiger partial charge in [-0.25, -0.2) is 0 Å². The molecule has 6 heteroatoms. The van der Waals surface area contributed by atoms with Crippen molar-refractivity contribution < 1.29 is 9.59 Å². The summed E-state index contributed by atoms with van der Waals surface area (Å²) in [5.74, 6) is 0.428. The summed E-state index contributed by atoms with van der Waals surface area (Å²) < 4.78 is 0. The number of nitrogens with one attached hydrogen (secondary N) is 2. The van der Waals surface area contributed by atoms with Crippen molar-refractivity contribution in [2.45, 2.75) is 77.0 Å². The van der Waals surface area contributed by atoms with E-state index in [-0.39, 0.29) is 35.9 Å². The van der Waals surface area contributed by atoms with E-state index in [2.05, 4.69) is 32.4 Å². The van der Waals surface area contributed by atoms with E-state index in [4.69, 9.17) is 0 Å². The minimum atomic E-state index is -0.172. The fourth-order valence-corrected chi connectivity index (χ4v) is 4.80. The third kappa shape index (κ3) is 5.07. The Labute approximate surface area is 160 Å². The number of likely N-dealkylation sites (tertiary alicyclic amines) is 1. The van der Waals surface area contributed by atoms with Crippen molar-refractivity contribution >= 4 is 23.2 Å². The van der Waals surface area contributed by atoms with Gasteiger partial charge in [0.15, 0.2) is 0 Å². The molecule has 5 nitrogen and oxygen atoms in total. The van der Waals surface area contributed by atoms with Crippen molar-refractivity contribution in [3.8, 4) is 0 Å². The molecule has 1 aromatic rings. The van der Waals surface area contributed by atoms with Gasteiger partial charge >= 0.3 is 0 Å². The quantitative estimate of drug-likeness (QED) is 0.801. The second-order valence-corrected chi connectivity index (χ2v) is 8.80. The van der Waals surface area contributed by atoms with Crippen LogP contribution >= 0.6 is 11.3 Å². The molecule has 2 fully saturated rings. The Morgan fingerprint density at radius 2 is 2.00 bits per heavy atom. The van der Waals surface area contributed by atoms with E-state index in [1.54, 1.807) is 11.3 Å². The highest BCUT2D eigenvalue weighted by molar-refractivity contribution is 7.07. The summed E-state index contributed by atoms with van der Waals surface area (Å²) in [7, 11) is 0. The van der Waals surface area contributed by atoms with Crippen molar-refractivity contribution in [1.82, 2.24) is 15.5 Å². The molecular formula is C20H31N3O2S. The minimum absolute atomic E-state index is 0.0611. The molecule has 2 atom stereocenters. The lowest BCUT2D eigenvalue weighted by molar-refractivity contribution is -0.127. The maximum atomic E-state index is 12.7. The van der Waals surface area contributed by atoms with E-state index >= 15 is 0 Å². The lowest BCUT2D eigenvalue weighted by Crippen LogP contribution is -2.45. The molecule has 1 saturated heterocycles. The Bertz CT molecular complexity index is 596. The van der Waals surface area contributed by atoms with E-state index in [1.807, 2.05) is 13.8 Å². The van der Waals surface area contributed by atoms with Crippen molar-refractivity contribution in [2.24, 2.45) is 5.92 Å². The van der Waals surface area contributed by atoms with Gasteiger partial charge in [-0.15, -0.1) is 0 Å². The molecule has 1 aliphatic heterocycles. The van der Waals surface area contributed by atoms with Gasteiger partial charge in [0.2, 0.25) is 11.8 Å². The molecule has 2 amide bonds. The molecule has 0 unspecified atom stereocenters. The van der Waals surface area contributed by atoms with Crippen LogP contribution in [0.3, 0.4) is 0 Å². The van der Waals surface area contributed by atoms with Crippen LogP contribution in [0.15, 0.2) is 16.8 Å². The molecule has 1 aliphatic carbocycles. The van der Waals surface area contributed by atoms with Crippen LogP contribution in [-0.4, -0.2) is 41.4 Å². The summed E-state index contributed by atoms with van der Waals surface area (Å²) in [6.07, 6.45) is 6.28. The van der Waals surface area contributed by atoms with E-state index in [0.29, 0.717) is 6.42 Å². The molecule has 1 saturated carbocycles. The molecule has 0 spiro atoms. The number of nitrogens with zero attached hydrogens (tertiary/aromatic N) is 1. The van der Waals surface area contributed by atoms with Crippen molar-refractivity contribution in [3.63, 3.8) is 0 Å². The highest BCUT2D eigenvalue weighted by atomic mass is 32.1. The van der Waals surface area contributed by atoms with Gasteiger partial charge in [0.05, 0.1) is 6.04 Å². The second kappa shape index (κ2) is 9.00. The summed E-state index contributed by atoms with van der Waals surface area (Å²) in [6.45, 7) is 5.47. The van der Waals surface area contributed by atoms with Gasteiger partial charge in [-0.3, -0.25) is 14.5 Å². The number of carbonyl (C=O) groups excluding carboxylic acids is 2. The standard InChI is InChI=1S/C20H31N3O2S/c1-14(2)21-20(25)18-10-17(12-23(18)11-15-8-9-26-13-15)22-19(24)16-6-4-3-5-7-16/h8-9,13-14,16-18H,3-7,10-12H2,1-2H3,(H,21,25)(H,22,24)/t17-,18+/m1/s1. The lowest BCUT2D eigenvalue weighted by atomic mass is 9.88. The first-order valence-corrected chi connectivity index (χ1v) is 10.8. The minimum Gasteiger partial charge on any atom is -0.353 e. The van der Waals surface area contributed by atoms with Gasteiger partial charge in [0.1, 0.15) is 0 Å². The van der Waals surface area contributed by atoms with Crippen molar-refractivity contribution in [2.75, 3.05) is 6.54 Å². The fourth-order valence-electron chi connectivity index (χ4n) is 4.14. The predicted octanol–water partition coefficient (Wildman–Crippen LogP) is 2.91. The van der Waals surface area contributed by atoms with Gasteiger partial charge < -0.3 is 10.6 Å². The van der Waals surface area contributed by atoms with Crippen LogP contribution in [0, 0.1) is 5.92 Å². The Balaban J connectivity index is 1.62. The highest BCUT2D eigenvalue weighted by Gasteiger charge is 2.38. The normalized spacial score (nSPS) is 24.7. The Morgan fingerprint density at radius 3 is 2.65 bits per heavy atom. The zero-order valence-electron chi connectivity index (χ0n) is 15.9. The van der Waals surface area contributed by atoms with Crippen LogP contribution < -0.4 is 10.6 Å².